The van der Waals surface area contributed by atoms with E-state index in [0.717, 1.165) is 36.3 Å². The van der Waals surface area contributed by atoms with Crippen LogP contribution in [0.2, 0.25) is 0 Å². The van der Waals surface area contributed by atoms with Gasteiger partial charge in [0.05, 0.1) is 5.69 Å². The van der Waals surface area contributed by atoms with Crippen molar-refractivity contribution in [3.63, 3.8) is 0 Å². The van der Waals surface area contributed by atoms with Crippen molar-refractivity contribution in [3.05, 3.63) is 54.1 Å². The normalized spacial score (nSPS) is 20.5. The first kappa shape index (κ1) is 21.2. The Kier molecular flexibility index (Phi) is 5.42. The molecule has 3 amide bonds. The van der Waals surface area contributed by atoms with Crippen LogP contribution in [-0.2, 0) is 14.8 Å². The summed E-state index contributed by atoms with van der Waals surface area (Å²) in [6.45, 7) is 2.05. The molecule has 0 radical (unpaired) electrons. The van der Waals surface area contributed by atoms with Crippen molar-refractivity contribution in [1.29, 1.82) is 0 Å². The fourth-order valence-corrected chi connectivity index (χ4v) is 5.63. The second kappa shape index (κ2) is 7.92. The average molecular weight is 449 g/mol. The number of amides is 3. The first-order valence-corrected chi connectivity index (χ1v) is 11.4. The number of piperidine rings is 1. The summed E-state index contributed by atoms with van der Waals surface area (Å²) in [5.74, 6) is -2.31. The van der Waals surface area contributed by atoms with Crippen LogP contribution in [0.4, 0.5) is 25.0 Å². The molecule has 0 spiro atoms. The molecule has 0 bridgehead atoms. The Morgan fingerprint density at radius 3 is 2.58 bits per heavy atom. The number of hydrogen-bond acceptors (Lipinski definition) is 4. The number of para-hydroxylation sites is 1. The maximum Gasteiger partial charge on any atom is 0.343 e. The van der Waals surface area contributed by atoms with E-state index in [9.17, 15) is 26.8 Å². The highest BCUT2D eigenvalue weighted by atomic mass is 32.2. The zero-order chi connectivity index (χ0) is 22.3. The van der Waals surface area contributed by atoms with Crippen molar-refractivity contribution in [2.75, 3.05) is 22.3 Å². The molecule has 1 saturated heterocycles. The van der Waals surface area contributed by atoms with E-state index in [1.54, 1.807) is 11.0 Å². The summed E-state index contributed by atoms with van der Waals surface area (Å²) < 4.78 is 54.8. The lowest BCUT2D eigenvalue weighted by atomic mass is 10.0. The number of fused-ring (bicyclic) bond motifs is 1. The molecule has 31 heavy (non-hydrogen) atoms. The smallest absolute Gasteiger partial charge is 0.338 e. The second-order valence-corrected chi connectivity index (χ2v) is 9.39. The van der Waals surface area contributed by atoms with Gasteiger partial charge >= 0.3 is 6.03 Å². The molecule has 10 heteroatoms. The van der Waals surface area contributed by atoms with Crippen LogP contribution >= 0.6 is 0 Å². The number of anilines is 2. The first-order valence-electron chi connectivity index (χ1n) is 9.92. The average Bonchev–Trinajstić information content (AvgIpc) is 2.74. The summed E-state index contributed by atoms with van der Waals surface area (Å²) in [5.41, 5.74) is -0.707. The summed E-state index contributed by atoms with van der Waals surface area (Å²) in [4.78, 5) is 28.7. The number of carbonyl (C=O) groups is 2. The number of carbonyl (C=O) groups excluding carboxylic acids is 2. The van der Waals surface area contributed by atoms with Crippen molar-refractivity contribution in [1.82, 2.24) is 4.90 Å². The van der Waals surface area contributed by atoms with E-state index in [1.165, 1.54) is 18.2 Å². The molecule has 1 atom stereocenters. The van der Waals surface area contributed by atoms with Crippen molar-refractivity contribution in [3.8, 4) is 0 Å². The number of urea groups is 1. The van der Waals surface area contributed by atoms with Crippen LogP contribution < -0.4 is 9.21 Å². The molecule has 4 rings (SSSR count). The van der Waals surface area contributed by atoms with E-state index in [0.29, 0.717) is 12.6 Å². The Balaban J connectivity index is 1.79. The summed E-state index contributed by atoms with van der Waals surface area (Å²) in [5, 5.41) is 0. The highest BCUT2D eigenvalue weighted by Gasteiger charge is 2.44. The molecule has 0 aromatic heterocycles. The van der Waals surface area contributed by atoms with Gasteiger partial charge in [0.15, 0.2) is 0 Å². The zero-order valence-electron chi connectivity index (χ0n) is 16.8. The summed E-state index contributed by atoms with van der Waals surface area (Å²) in [7, 11) is -4.52. The Hall–Kier alpha value is -3.01. The molecule has 2 aliphatic heterocycles. The molecular formula is C21H21F2N3O4S. The van der Waals surface area contributed by atoms with Crippen molar-refractivity contribution in [2.45, 2.75) is 37.1 Å². The van der Waals surface area contributed by atoms with Crippen LogP contribution in [0, 0.1) is 11.6 Å². The van der Waals surface area contributed by atoms with Crippen LogP contribution in [0.25, 0.3) is 0 Å². The molecule has 2 aromatic rings. The van der Waals surface area contributed by atoms with E-state index in [1.807, 2.05) is 6.92 Å². The number of rotatable bonds is 3. The standard InChI is InChI=1S/C21H21F2N3O4S/c1-14-6-4-5-11-24(14)20(27)13-25-17-7-2-3-8-19(17)31(29,30)26(21(25)28)18-12-15(22)9-10-16(18)23/h2-3,7-10,12,14H,4-6,11,13H2,1H3/t14-/m1/s1. The van der Waals surface area contributed by atoms with E-state index in [-0.39, 0.29) is 26.8 Å². The molecule has 0 aliphatic carbocycles. The van der Waals surface area contributed by atoms with Crippen molar-refractivity contribution < 1.29 is 26.8 Å². The number of halogens is 2. The number of nitrogens with zero attached hydrogens (tertiary/aromatic N) is 3. The first-order chi connectivity index (χ1) is 14.7. The van der Waals surface area contributed by atoms with Crippen molar-refractivity contribution in [2.24, 2.45) is 0 Å². The van der Waals surface area contributed by atoms with Crippen molar-refractivity contribution >= 4 is 33.3 Å². The lowest BCUT2D eigenvalue weighted by molar-refractivity contribution is -0.132. The molecule has 2 aliphatic rings. The highest BCUT2D eigenvalue weighted by Crippen LogP contribution is 2.38. The summed E-state index contributed by atoms with van der Waals surface area (Å²) in [6.07, 6.45) is 2.68. The predicted octanol–water partition coefficient (Wildman–Crippen LogP) is 3.50. The fraction of sp³-hybridized carbons (Fsp3) is 0.333. The lowest BCUT2D eigenvalue weighted by Gasteiger charge is -2.38. The Labute approximate surface area is 178 Å². The third-order valence-electron chi connectivity index (χ3n) is 5.62. The van der Waals surface area contributed by atoms with Gasteiger partial charge in [-0.15, -0.1) is 0 Å². The summed E-state index contributed by atoms with van der Waals surface area (Å²) in [6, 6.07) is 6.76. The number of likely N-dealkylation sites (tertiary alicyclic amines) is 1. The maximum absolute atomic E-state index is 14.5. The Morgan fingerprint density at radius 2 is 1.84 bits per heavy atom. The van der Waals surface area contributed by atoms with Gasteiger partial charge in [0, 0.05) is 18.7 Å². The zero-order valence-corrected chi connectivity index (χ0v) is 17.6. The molecule has 1 fully saturated rings. The van der Waals surface area contributed by atoms with E-state index < -0.39 is 39.9 Å². The molecule has 7 nitrogen and oxygen atoms in total. The SMILES string of the molecule is C[C@@H]1CCCCN1C(=O)CN1C(=O)N(c2cc(F)ccc2F)S(=O)(=O)c2ccccc21. The largest absolute Gasteiger partial charge is 0.343 e. The van der Waals surface area contributed by atoms with Crippen LogP contribution in [0.3, 0.4) is 0 Å². The number of sulfonamides is 1. The minimum atomic E-state index is -4.52. The monoisotopic (exact) mass is 449 g/mol. The third-order valence-corrected chi connectivity index (χ3v) is 7.36. The van der Waals surface area contributed by atoms with Crippen LogP contribution in [-0.4, -0.2) is 44.4 Å². The predicted molar refractivity (Wildman–Crippen MR) is 110 cm³/mol. The van der Waals surface area contributed by atoms with Crippen LogP contribution in [0.15, 0.2) is 47.4 Å². The number of benzene rings is 2. The fourth-order valence-electron chi connectivity index (χ4n) is 4.03. The van der Waals surface area contributed by atoms with Crippen LogP contribution in [0.5, 0.6) is 0 Å². The molecule has 164 valence electrons. The van der Waals surface area contributed by atoms with Gasteiger partial charge in [0.1, 0.15) is 28.8 Å². The Bertz CT molecular complexity index is 1160. The minimum Gasteiger partial charge on any atom is -0.338 e. The van der Waals surface area contributed by atoms with Gasteiger partial charge in [-0.25, -0.2) is 22.0 Å². The maximum atomic E-state index is 14.5. The summed E-state index contributed by atoms with van der Waals surface area (Å²) >= 11 is 0. The van der Waals surface area contributed by atoms with Gasteiger partial charge in [0.25, 0.3) is 10.0 Å². The highest BCUT2D eigenvalue weighted by molar-refractivity contribution is 7.94. The van der Waals surface area contributed by atoms with Gasteiger partial charge < -0.3 is 4.90 Å². The third kappa shape index (κ3) is 3.65. The van der Waals surface area contributed by atoms with Gasteiger partial charge in [-0.2, -0.15) is 4.31 Å². The van der Waals surface area contributed by atoms with E-state index in [4.69, 9.17) is 0 Å². The van der Waals surface area contributed by atoms with Gasteiger partial charge in [-0.05, 0) is 50.5 Å². The topological polar surface area (TPSA) is 78.0 Å². The quantitative estimate of drug-likeness (QED) is 0.719. The van der Waals surface area contributed by atoms with Gasteiger partial charge in [0.2, 0.25) is 5.91 Å². The van der Waals surface area contributed by atoms with E-state index in [2.05, 4.69) is 0 Å². The van der Waals surface area contributed by atoms with Gasteiger partial charge in [-0.3, -0.25) is 9.69 Å². The second-order valence-electron chi connectivity index (χ2n) is 7.63. The molecule has 2 aromatic carbocycles. The molecular weight excluding hydrogens is 428 g/mol. The van der Waals surface area contributed by atoms with Gasteiger partial charge in [-0.1, -0.05) is 12.1 Å². The molecule has 0 saturated carbocycles. The minimum absolute atomic E-state index is 0.00288. The molecule has 0 unspecified atom stereocenters. The van der Waals surface area contributed by atoms with Crippen LogP contribution in [0.1, 0.15) is 26.2 Å². The van der Waals surface area contributed by atoms with E-state index >= 15 is 0 Å². The Morgan fingerprint density at radius 1 is 1.10 bits per heavy atom. The molecule has 0 N–H and O–H groups in total. The molecule has 2 heterocycles. The number of hydrogen-bond donors (Lipinski definition) is 0. The lowest BCUT2D eigenvalue weighted by Crippen LogP contribution is -2.55.